The van der Waals surface area contributed by atoms with Crippen molar-refractivity contribution in [2.45, 2.75) is 0 Å². The topological polar surface area (TPSA) is 50.2 Å². The summed E-state index contributed by atoms with van der Waals surface area (Å²) in [6.07, 6.45) is 0. The van der Waals surface area contributed by atoms with Gasteiger partial charge < -0.3 is 5.11 Å². The number of aromatic nitrogens is 1. The molecule has 0 saturated carbocycles. The number of fused-ring (bicyclic) bond motifs is 2. The molecule has 0 fully saturated rings. The minimum absolute atomic E-state index is 0.292. The van der Waals surface area contributed by atoms with Gasteiger partial charge in [-0.1, -0.05) is 24.3 Å². The molecule has 0 atom stereocenters. The highest BCUT2D eigenvalue weighted by Crippen LogP contribution is 2.22. The van der Waals surface area contributed by atoms with E-state index < -0.39 is 5.97 Å². The summed E-state index contributed by atoms with van der Waals surface area (Å²) in [6.45, 7) is 0. The lowest BCUT2D eigenvalue weighted by atomic mass is 10.1. The fraction of sp³-hybridized carbons (Fsp3) is 0. The van der Waals surface area contributed by atoms with Crippen molar-refractivity contribution >= 4 is 27.8 Å². The number of hydrogen-bond acceptors (Lipinski definition) is 2. The lowest BCUT2D eigenvalue weighted by molar-refractivity contribution is 0.0699. The van der Waals surface area contributed by atoms with Crippen LogP contribution in [0.4, 0.5) is 0 Å². The van der Waals surface area contributed by atoms with Crippen LogP contribution in [0.25, 0.3) is 21.8 Å². The number of rotatable bonds is 1. The highest BCUT2D eigenvalue weighted by Gasteiger charge is 2.09. The summed E-state index contributed by atoms with van der Waals surface area (Å²) >= 11 is 0. The maximum absolute atomic E-state index is 11.1. The van der Waals surface area contributed by atoms with E-state index in [1.165, 1.54) is 0 Å². The van der Waals surface area contributed by atoms with Crippen LogP contribution in [0.15, 0.2) is 48.5 Å². The molecule has 0 amide bonds. The second-order valence-corrected chi connectivity index (χ2v) is 3.86. The van der Waals surface area contributed by atoms with Gasteiger partial charge in [0.2, 0.25) is 0 Å². The second kappa shape index (κ2) is 3.56. The lowest BCUT2D eigenvalue weighted by Crippen LogP contribution is -1.97. The molecule has 3 nitrogen and oxygen atoms in total. The molecule has 3 rings (SSSR count). The van der Waals surface area contributed by atoms with Gasteiger partial charge in [0.1, 0.15) is 0 Å². The number of hydrogen-bond donors (Lipinski definition) is 1. The SMILES string of the molecule is O=C(O)c1cccc2nc3ccccc3cc12. The Bertz CT molecular complexity index is 734. The lowest BCUT2D eigenvalue weighted by Gasteiger charge is -2.04. The molecular weight excluding hydrogens is 214 g/mol. The standard InChI is InChI=1S/C14H9NO2/c16-14(17)10-5-3-7-13-11(10)8-9-4-1-2-6-12(9)15-13/h1-8H,(H,16,17). The summed E-state index contributed by atoms with van der Waals surface area (Å²) < 4.78 is 0. The third-order valence-corrected chi connectivity index (χ3v) is 2.79. The van der Waals surface area contributed by atoms with E-state index in [2.05, 4.69) is 4.98 Å². The first kappa shape index (κ1) is 9.78. The third kappa shape index (κ3) is 1.52. The van der Waals surface area contributed by atoms with Crippen molar-refractivity contribution in [1.29, 1.82) is 0 Å². The minimum Gasteiger partial charge on any atom is -0.478 e. The fourth-order valence-corrected chi connectivity index (χ4v) is 1.99. The first-order valence-electron chi connectivity index (χ1n) is 5.27. The quantitative estimate of drug-likeness (QED) is 0.645. The minimum atomic E-state index is -0.923. The van der Waals surface area contributed by atoms with E-state index in [0.717, 1.165) is 10.9 Å². The number of para-hydroxylation sites is 1. The van der Waals surface area contributed by atoms with Crippen molar-refractivity contribution in [3.63, 3.8) is 0 Å². The van der Waals surface area contributed by atoms with Crippen LogP contribution in [0.3, 0.4) is 0 Å². The van der Waals surface area contributed by atoms with Crippen LogP contribution in [0, 0.1) is 0 Å². The van der Waals surface area contributed by atoms with Gasteiger partial charge in [-0.2, -0.15) is 0 Å². The summed E-state index contributed by atoms with van der Waals surface area (Å²) in [7, 11) is 0. The van der Waals surface area contributed by atoms with E-state index in [0.29, 0.717) is 16.5 Å². The van der Waals surface area contributed by atoms with Crippen LogP contribution in [0.1, 0.15) is 10.4 Å². The molecule has 2 aromatic carbocycles. The normalized spacial score (nSPS) is 10.8. The Hall–Kier alpha value is -2.42. The number of nitrogens with zero attached hydrogens (tertiary/aromatic N) is 1. The van der Waals surface area contributed by atoms with E-state index in [-0.39, 0.29) is 0 Å². The predicted octanol–water partition coefficient (Wildman–Crippen LogP) is 3.09. The van der Waals surface area contributed by atoms with E-state index in [1.54, 1.807) is 12.1 Å². The summed E-state index contributed by atoms with van der Waals surface area (Å²) in [5.74, 6) is -0.923. The van der Waals surface area contributed by atoms with E-state index in [9.17, 15) is 4.79 Å². The first-order valence-corrected chi connectivity index (χ1v) is 5.27. The van der Waals surface area contributed by atoms with Crippen LogP contribution in [-0.2, 0) is 0 Å². The molecule has 0 aliphatic heterocycles. The van der Waals surface area contributed by atoms with Crippen LogP contribution < -0.4 is 0 Å². The van der Waals surface area contributed by atoms with Crippen molar-refractivity contribution in [2.75, 3.05) is 0 Å². The Morgan fingerprint density at radius 2 is 1.76 bits per heavy atom. The number of aromatic carboxylic acids is 1. The smallest absolute Gasteiger partial charge is 0.336 e. The highest BCUT2D eigenvalue weighted by atomic mass is 16.4. The first-order chi connectivity index (χ1) is 8.25. The molecule has 0 radical (unpaired) electrons. The Morgan fingerprint density at radius 3 is 2.59 bits per heavy atom. The van der Waals surface area contributed by atoms with Gasteiger partial charge in [0.05, 0.1) is 16.6 Å². The largest absolute Gasteiger partial charge is 0.478 e. The maximum atomic E-state index is 11.1. The van der Waals surface area contributed by atoms with Gasteiger partial charge in [-0.25, -0.2) is 9.78 Å². The molecule has 0 aliphatic carbocycles. The van der Waals surface area contributed by atoms with Gasteiger partial charge in [-0.05, 0) is 24.3 Å². The molecule has 0 bridgehead atoms. The average molecular weight is 223 g/mol. The number of benzene rings is 2. The van der Waals surface area contributed by atoms with Gasteiger partial charge in [-0.15, -0.1) is 0 Å². The van der Waals surface area contributed by atoms with Crippen molar-refractivity contribution < 1.29 is 9.90 Å². The zero-order chi connectivity index (χ0) is 11.8. The van der Waals surface area contributed by atoms with E-state index in [4.69, 9.17) is 5.11 Å². The Kier molecular flexibility index (Phi) is 2.05. The molecule has 1 N–H and O–H groups in total. The summed E-state index contributed by atoms with van der Waals surface area (Å²) in [6, 6.07) is 14.7. The van der Waals surface area contributed by atoms with Crippen LogP contribution in [-0.4, -0.2) is 16.1 Å². The third-order valence-electron chi connectivity index (χ3n) is 2.79. The Balaban J connectivity index is 2.47. The molecular formula is C14H9NO2. The number of pyridine rings is 1. The Morgan fingerprint density at radius 1 is 1.00 bits per heavy atom. The van der Waals surface area contributed by atoms with Gasteiger partial charge >= 0.3 is 5.97 Å². The molecule has 0 aliphatic rings. The van der Waals surface area contributed by atoms with E-state index >= 15 is 0 Å². The van der Waals surface area contributed by atoms with Crippen molar-refractivity contribution in [3.8, 4) is 0 Å². The molecule has 3 heteroatoms. The molecule has 0 saturated heterocycles. The maximum Gasteiger partial charge on any atom is 0.336 e. The average Bonchev–Trinajstić information content (AvgIpc) is 2.35. The summed E-state index contributed by atoms with van der Waals surface area (Å²) in [5, 5.41) is 10.8. The molecule has 3 aromatic rings. The van der Waals surface area contributed by atoms with Crippen LogP contribution in [0.2, 0.25) is 0 Å². The van der Waals surface area contributed by atoms with Crippen molar-refractivity contribution in [2.24, 2.45) is 0 Å². The molecule has 0 unspecified atom stereocenters. The highest BCUT2D eigenvalue weighted by molar-refractivity contribution is 6.05. The van der Waals surface area contributed by atoms with Gasteiger partial charge in [0.25, 0.3) is 0 Å². The predicted molar refractivity (Wildman–Crippen MR) is 66.2 cm³/mol. The number of carboxylic acids is 1. The van der Waals surface area contributed by atoms with Crippen molar-refractivity contribution in [1.82, 2.24) is 4.98 Å². The van der Waals surface area contributed by atoms with Crippen LogP contribution >= 0.6 is 0 Å². The van der Waals surface area contributed by atoms with Crippen LogP contribution in [0.5, 0.6) is 0 Å². The van der Waals surface area contributed by atoms with Crippen molar-refractivity contribution in [3.05, 3.63) is 54.1 Å². The van der Waals surface area contributed by atoms with Gasteiger partial charge in [0.15, 0.2) is 0 Å². The zero-order valence-electron chi connectivity index (χ0n) is 8.92. The molecule has 1 aromatic heterocycles. The zero-order valence-corrected chi connectivity index (χ0v) is 8.92. The monoisotopic (exact) mass is 223 g/mol. The van der Waals surface area contributed by atoms with Gasteiger partial charge in [0, 0.05) is 10.8 Å². The molecule has 1 heterocycles. The molecule has 0 spiro atoms. The number of carboxylic acid groups (broad SMARTS) is 1. The fourth-order valence-electron chi connectivity index (χ4n) is 1.99. The van der Waals surface area contributed by atoms with E-state index in [1.807, 2.05) is 36.4 Å². The summed E-state index contributed by atoms with van der Waals surface area (Å²) in [5.41, 5.74) is 1.88. The van der Waals surface area contributed by atoms with Gasteiger partial charge in [-0.3, -0.25) is 0 Å². The second-order valence-electron chi connectivity index (χ2n) is 3.86. The summed E-state index contributed by atoms with van der Waals surface area (Å²) in [4.78, 5) is 15.6. The molecule has 82 valence electrons. The number of carbonyl (C=O) groups is 1. The molecule has 17 heavy (non-hydrogen) atoms. The Labute approximate surface area is 97.3 Å².